The van der Waals surface area contributed by atoms with Gasteiger partial charge >= 0.3 is 0 Å². The van der Waals surface area contributed by atoms with Gasteiger partial charge in [0, 0.05) is 6.04 Å². The highest BCUT2D eigenvalue weighted by atomic mass is 16.3. The van der Waals surface area contributed by atoms with Crippen molar-refractivity contribution in [2.24, 2.45) is 5.92 Å². The summed E-state index contributed by atoms with van der Waals surface area (Å²) in [5.41, 5.74) is -0.378. The minimum Gasteiger partial charge on any atom is -0.388 e. The molecular weight excluding hydrogens is 150 g/mol. The first-order chi connectivity index (χ1) is 5.73. The smallest absolute Gasteiger partial charge is 0.0825 e. The maximum absolute atomic E-state index is 10.4. The van der Waals surface area contributed by atoms with Crippen LogP contribution in [-0.4, -0.2) is 23.3 Å². The second kappa shape index (κ2) is 3.00. The lowest BCUT2D eigenvalue weighted by atomic mass is 9.84. The van der Waals surface area contributed by atoms with E-state index >= 15 is 0 Å². The molecule has 2 aliphatic rings. The molecule has 12 heavy (non-hydrogen) atoms. The molecule has 2 rings (SSSR count). The fourth-order valence-electron chi connectivity index (χ4n) is 2.82. The Bertz CT molecular complexity index is 165. The van der Waals surface area contributed by atoms with Crippen molar-refractivity contribution in [3.05, 3.63) is 0 Å². The first kappa shape index (κ1) is 8.52. The summed E-state index contributed by atoms with van der Waals surface area (Å²) >= 11 is 0. The zero-order chi connectivity index (χ0) is 8.60. The first-order valence-corrected chi connectivity index (χ1v) is 5.19. The molecule has 0 bridgehead atoms. The molecule has 0 aromatic rings. The molecule has 0 spiro atoms. The third-order valence-corrected chi connectivity index (χ3v) is 3.73. The van der Waals surface area contributed by atoms with Crippen LogP contribution in [0.1, 0.15) is 39.0 Å². The van der Waals surface area contributed by atoms with E-state index in [1.165, 1.54) is 25.7 Å². The maximum Gasteiger partial charge on any atom is 0.0825 e. The van der Waals surface area contributed by atoms with E-state index in [1.54, 1.807) is 0 Å². The Labute approximate surface area is 74.4 Å². The van der Waals surface area contributed by atoms with Crippen LogP contribution < -0.4 is 5.32 Å². The highest BCUT2D eigenvalue weighted by Gasteiger charge is 2.45. The molecule has 3 atom stereocenters. The quantitative estimate of drug-likeness (QED) is 0.620. The summed E-state index contributed by atoms with van der Waals surface area (Å²) < 4.78 is 0. The van der Waals surface area contributed by atoms with Gasteiger partial charge in [0.1, 0.15) is 0 Å². The van der Waals surface area contributed by atoms with Crippen LogP contribution in [0.4, 0.5) is 0 Å². The molecule has 2 N–H and O–H groups in total. The Morgan fingerprint density at radius 2 is 2.17 bits per heavy atom. The van der Waals surface area contributed by atoms with E-state index < -0.39 is 0 Å². The lowest BCUT2D eigenvalue weighted by Gasteiger charge is -2.34. The minimum absolute atomic E-state index is 0.378. The molecule has 0 aromatic heterocycles. The average molecular weight is 169 g/mol. The fourth-order valence-corrected chi connectivity index (χ4v) is 2.82. The van der Waals surface area contributed by atoms with Crippen LogP contribution in [-0.2, 0) is 0 Å². The molecule has 2 nitrogen and oxygen atoms in total. The van der Waals surface area contributed by atoms with E-state index in [1.807, 2.05) is 0 Å². The van der Waals surface area contributed by atoms with Crippen LogP contribution in [0, 0.1) is 5.92 Å². The third-order valence-electron chi connectivity index (χ3n) is 3.73. The summed E-state index contributed by atoms with van der Waals surface area (Å²) in [4.78, 5) is 0. The Hall–Kier alpha value is -0.0800. The van der Waals surface area contributed by atoms with Crippen LogP contribution >= 0.6 is 0 Å². The van der Waals surface area contributed by atoms with Crippen molar-refractivity contribution < 1.29 is 5.11 Å². The Morgan fingerprint density at radius 1 is 1.33 bits per heavy atom. The van der Waals surface area contributed by atoms with Crippen molar-refractivity contribution in [1.82, 2.24) is 5.32 Å². The van der Waals surface area contributed by atoms with Gasteiger partial charge in [-0.15, -0.1) is 0 Å². The van der Waals surface area contributed by atoms with Gasteiger partial charge in [0.15, 0.2) is 0 Å². The van der Waals surface area contributed by atoms with E-state index in [2.05, 4.69) is 12.2 Å². The maximum atomic E-state index is 10.4. The standard InChI is InChI=1S/C10H19NO/c1-8-4-2-6-10(8,12)9-5-3-7-11-9/h8-9,11-12H,2-7H2,1H3. The van der Waals surface area contributed by atoms with Crippen LogP contribution in [0.3, 0.4) is 0 Å². The van der Waals surface area contributed by atoms with Crippen molar-refractivity contribution in [2.75, 3.05) is 6.54 Å². The average Bonchev–Trinajstić information content (AvgIpc) is 2.62. The molecule has 0 radical (unpaired) electrons. The van der Waals surface area contributed by atoms with Crippen molar-refractivity contribution in [2.45, 2.75) is 50.7 Å². The van der Waals surface area contributed by atoms with E-state index in [0.29, 0.717) is 12.0 Å². The normalized spacial score (nSPS) is 48.5. The van der Waals surface area contributed by atoms with Gasteiger partial charge in [-0.25, -0.2) is 0 Å². The Balaban J connectivity index is 2.07. The van der Waals surface area contributed by atoms with Gasteiger partial charge in [0.2, 0.25) is 0 Å². The van der Waals surface area contributed by atoms with E-state index in [4.69, 9.17) is 0 Å². The summed E-state index contributed by atoms with van der Waals surface area (Å²) in [7, 11) is 0. The predicted molar refractivity (Wildman–Crippen MR) is 49.0 cm³/mol. The van der Waals surface area contributed by atoms with Gasteiger partial charge in [0.25, 0.3) is 0 Å². The van der Waals surface area contributed by atoms with Gasteiger partial charge in [0.05, 0.1) is 5.60 Å². The van der Waals surface area contributed by atoms with Gasteiger partial charge in [-0.05, 0) is 38.1 Å². The molecule has 1 saturated heterocycles. The number of aliphatic hydroxyl groups is 1. The summed E-state index contributed by atoms with van der Waals surface area (Å²) in [5, 5.41) is 13.8. The summed E-state index contributed by atoms with van der Waals surface area (Å²) in [6.07, 6.45) is 5.82. The van der Waals surface area contributed by atoms with Crippen LogP contribution in [0.25, 0.3) is 0 Å². The second-order valence-corrected chi connectivity index (χ2v) is 4.43. The van der Waals surface area contributed by atoms with Crippen LogP contribution in [0.15, 0.2) is 0 Å². The predicted octanol–water partition coefficient (Wildman–Crippen LogP) is 1.29. The molecular formula is C10H19NO. The minimum atomic E-state index is -0.378. The van der Waals surface area contributed by atoms with Gasteiger partial charge in [-0.3, -0.25) is 0 Å². The molecule has 1 aliphatic heterocycles. The fraction of sp³-hybridized carbons (Fsp3) is 1.00. The zero-order valence-corrected chi connectivity index (χ0v) is 7.84. The third kappa shape index (κ3) is 1.17. The molecule has 1 heterocycles. The number of rotatable bonds is 1. The van der Waals surface area contributed by atoms with Crippen molar-refractivity contribution in [3.8, 4) is 0 Å². The monoisotopic (exact) mass is 169 g/mol. The number of nitrogens with one attached hydrogen (secondary N) is 1. The van der Waals surface area contributed by atoms with Crippen molar-refractivity contribution >= 4 is 0 Å². The molecule has 2 fully saturated rings. The number of hydrogen-bond acceptors (Lipinski definition) is 2. The molecule has 0 aromatic carbocycles. The molecule has 1 saturated carbocycles. The molecule has 0 amide bonds. The largest absolute Gasteiger partial charge is 0.388 e. The molecule has 1 aliphatic carbocycles. The first-order valence-electron chi connectivity index (χ1n) is 5.19. The summed E-state index contributed by atoms with van der Waals surface area (Å²) in [6.45, 7) is 3.28. The van der Waals surface area contributed by atoms with Crippen molar-refractivity contribution in [3.63, 3.8) is 0 Å². The SMILES string of the molecule is CC1CCCC1(O)C1CCCN1. The van der Waals surface area contributed by atoms with Crippen LogP contribution in [0.5, 0.6) is 0 Å². The topological polar surface area (TPSA) is 32.3 Å². The number of hydrogen-bond donors (Lipinski definition) is 2. The van der Waals surface area contributed by atoms with Crippen LogP contribution in [0.2, 0.25) is 0 Å². The van der Waals surface area contributed by atoms with Gasteiger partial charge in [-0.2, -0.15) is 0 Å². The molecule has 3 unspecified atom stereocenters. The lowest BCUT2D eigenvalue weighted by Crippen LogP contribution is -2.49. The Kier molecular flexibility index (Phi) is 2.13. The van der Waals surface area contributed by atoms with E-state index in [-0.39, 0.29) is 5.60 Å². The van der Waals surface area contributed by atoms with Gasteiger partial charge in [-0.1, -0.05) is 13.3 Å². The summed E-state index contributed by atoms with van der Waals surface area (Å²) in [5.74, 6) is 0.494. The Morgan fingerprint density at radius 3 is 2.67 bits per heavy atom. The summed E-state index contributed by atoms with van der Waals surface area (Å²) in [6, 6.07) is 0.384. The van der Waals surface area contributed by atoms with Gasteiger partial charge < -0.3 is 10.4 Å². The van der Waals surface area contributed by atoms with E-state index in [0.717, 1.165) is 13.0 Å². The highest BCUT2D eigenvalue weighted by Crippen LogP contribution is 2.40. The molecule has 70 valence electrons. The second-order valence-electron chi connectivity index (χ2n) is 4.43. The lowest BCUT2D eigenvalue weighted by molar-refractivity contribution is -0.0212. The van der Waals surface area contributed by atoms with E-state index in [9.17, 15) is 5.11 Å². The zero-order valence-electron chi connectivity index (χ0n) is 7.84. The molecule has 2 heteroatoms. The van der Waals surface area contributed by atoms with Crippen molar-refractivity contribution in [1.29, 1.82) is 0 Å². The highest BCUT2D eigenvalue weighted by molar-refractivity contribution is 5.01.